The number of thioether (sulfide) groups is 1. The van der Waals surface area contributed by atoms with Crippen LogP contribution >= 0.6 is 23.4 Å². The van der Waals surface area contributed by atoms with Crippen LogP contribution < -0.4 is 5.32 Å². The van der Waals surface area contributed by atoms with Crippen molar-refractivity contribution in [3.05, 3.63) is 11.2 Å². The molecule has 0 spiro atoms. The summed E-state index contributed by atoms with van der Waals surface area (Å²) < 4.78 is 9.55. The molecule has 154 valence electrons. The van der Waals surface area contributed by atoms with E-state index in [2.05, 4.69) is 34.5 Å². The zero-order valence-electron chi connectivity index (χ0n) is 16.5. The van der Waals surface area contributed by atoms with Crippen molar-refractivity contribution in [1.82, 2.24) is 29.9 Å². The van der Waals surface area contributed by atoms with Gasteiger partial charge in [-0.25, -0.2) is 0 Å². The van der Waals surface area contributed by atoms with Gasteiger partial charge < -0.3 is 10.1 Å². The fourth-order valence-electron chi connectivity index (χ4n) is 2.94. The minimum Gasteiger partial charge on any atom is -0.376 e. The van der Waals surface area contributed by atoms with Gasteiger partial charge in [-0.1, -0.05) is 37.2 Å². The standard InChI is InChI=1S/C18H27ClN6O2S/c1-4-24-10-14(19)16(23-24)17-21-22-18(25(17)9-13-6-5-7-27-13)28-11-15(26)20-8-12(2)3/h10,12-13H,4-9,11H2,1-3H3,(H,20,26)/t13-/m0/s1. The van der Waals surface area contributed by atoms with E-state index in [-0.39, 0.29) is 17.8 Å². The molecule has 1 atom stereocenters. The zero-order valence-corrected chi connectivity index (χ0v) is 18.1. The Hall–Kier alpha value is -1.58. The fourth-order valence-corrected chi connectivity index (χ4v) is 3.95. The Kier molecular flexibility index (Phi) is 7.36. The SMILES string of the molecule is CCn1cc(Cl)c(-c2nnc(SCC(=O)NCC(C)C)n2C[C@@H]2CCCO2)n1. The van der Waals surface area contributed by atoms with Crippen molar-refractivity contribution < 1.29 is 9.53 Å². The lowest BCUT2D eigenvalue weighted by Crippen LogP contribution is -2.29. The van der Waals surface area contributed by atoms with Crippen LogP contribution in [-0.4, -0.2) is 55.5 Å². The highest BCUT2D eigenvalue weighted by Gasteiger charge is 2.24. The zero-order chi connectivity index (χ0) is 20.1. The van der Waals surface area contributed by atoms with E-state index in [1.54, 1.807) is 10.9 Å². The average Bonchev–Trinajstić information content (AvgIpc) is 3.39. The molecule has 1 amide bonds. The molecule has 1 N–H and O–H groups in total. The summed E-state index contributed by atoms with van der Waals surface area (Å²) in [5, 5.41) is 17.3. The number of carbonyl (C=O) groups is 1. The molecule has 0 unspecified atom stereocenters. The lowest BCUT2D eigenvalue weighted by Gasteiger charge is -2.14. The second-order valence-corrected chi connectivity index (χ2v) is 8.57. The van der Waals surface area contributed by atoms with Gasteiger partial charge in [0.05, 0.1) is 23.4 Å². The van der Waals surface area contributed by atoms with E-state index in [0.717, 1.165) is 26.0 Å². The maximum absolute atomic E-state index is 12.1. The van der Waals surface area contributed by atoms with Gasteiger partial charge in [0.2, 0.25) is 5.91 Å². The van der Waals surface area contributed by atoms with Crippen molar-refractivity contribution in [2.24, 2.45) is 5.92 Å². The summed E-state index contributed by atoms with van der Waals surface area (Å²) in [4.78, 5) is 12.1. The summed E-state index contributed by atoms with van der Waals surface area (Å²) in [7, 11) is 0. The molecule has 3 rings (SSSR count). The molecule has 10 heteroatoms. The predicted octanol–water partition coefficient (Wildman–Crippen LogP) is 2.86. The number of nitrogens with one attached hydrogen (secondary N) is 1. The minimum atomic E-state index is -0.0137. The largest absolute Gasteiger partial charge is 0.376 e. The van der Waals surface area contributed by atoms with E-state index in [1.165, 1.54) is 11.8 Å². The number of hydrogen-bond donors (Lipinski definition) is 1. The average molecular weight is 427 g/mol. The molecule has 0 aromatic carbocycles. The molecule has 0 bridgehead atoms. The molecule has 8 nitrogen and oxygen atoms in total. The minimum absolute atomic E-state index is 0.0137. The number of ether oxygens (including phenoxy) is 1. The number of nitrogens with zero attached hydrogens (tertiary/aromatic N) is 5. The summed E-state index contributed by atoms with van der Waals surface area (Å²) >= 11 is 7.76. The predicted molar refractivity (Wildman–Crippen MR) is 109 cm³/mol. The number of halogens is 1. The summed E-state index contributed by atoms with van der Waals surface area (Å²) in [6.45, 7) is 8.91. The molecule has 1 aliphatic heterocycles. The van der Waals surface area contributed by atoms with E-state index in [0.29, 0.717) is 40.7 Å². The van der Waals surface area contributed by atoms with Gasteiger partial charge in [0.25, 0.3) is 0 Å². The second-order valence-electron chi connectivity index (χ2n) is 7.22. The summed E-state index contributed by atoms with van der Waals surface area (Å²) in [6, 6.07) is 0. The molecular weight excluding hydrogens is 400 g/mol. The molecule has 0 aliphatic carbocycles. The molecule has 28 heavy (non-hydrogen) atoms. The van der Waals surface area contributed by atoms with Gasteiger partial charge in [0.15, 0.2) is 11.0 Å². The van der Waals surface area contributed by atoms with E-state index < -0.39 is 0 Å². The van der Waals surface area contributed by atoms with Gasteiger partial charge in [-0.05, 0) is 25.7 Å². The first-order valence-electron chi connectivity index (χ1n) is 9.65. The van der Waals surface area contributed by atoms with Crippen LogP contribution in [0.4, 0.5) is 0 Å². The Balaban J connectivity index is 1.80. The first-order valence-corrected chi connectivity index (χ1v) is 11.0. The van der Waals surface area contributed by atoms with Crippen LogP contribution in [0, 0.1) is 5.92 Å². The third kappa shape index (κ3) is 5.27. The number of amides is 1. The van der Waals surface area contributed by atoms with Crippen LogP contribution in [0.15, 0.2) is 11.4 Å². The Morgan fingerprint density at radius 1 is 1.46 bits per heavy atom. The molecule has 0 radical (unpaired) electrons. The Morgan fingerprint density at radius 3 is 2.93 bits per heavy atom. The second kappa shape index (κ2) is 9.76. The third-order valence-electron chi connectivity index (χ3n) is 4.42. The normalized spacial score (nSPS) is 16.8. The van der Waals surface area contributed by atoms with Crippen LogP contribution in [-0.2, 0) is 22.6 Å². The Labute approximate surface area is 174 Å². The molecule has 3 heterocycles. The van der Waals surface area contributed by atoms with Crippen molar-refractivity contribution in [3.63, 3.8) is 0 Å². The van der Waals surface area contributed by atoms with Crippen molar-refractivity contribution >= 4 is 29.3 Å². The topological polar surface area (TPSA) is 86.9 Å². The van der Waals surface area contributed by atoms with Crippen LogP contribution in [0.1, 0.15) is 33.6 Å². The highest BCUT2D eigenvalue weighted by molar-refractivity contribution is 7.99. The van der Waals surface area contributed by atoms with Crippen molar-refractivity contribution in [3.8, 4) is 11.5 Å². The van der Waals surface area contributed by atoms with Crippen LogP contribution in [0.25, 0.3) is 11.5 Å². The lowest BCUT2D eigenvalue weighted by atomic mass is 10.2. The highest BCUT2D eigenvalue weighted by Crippen LogP contribution is 2.29. The fraction of sp³-hybridized carbons (Fsp3) is 0.667. The first kappa shape index (κ1) is 21.1. The first-order chi connectivity index (χ1) is 13.5. The van der Waals surface area contributed by atoms with Crippen molar-refractivity contribution in [2.75, 3.05) is 18.9 Å². The van der Waals surface area contributed by atoms with Crippen LogP contribution in [0.3, 0.4) is 0 Å². The molecule has 1 saturated heterocycles. The van der Waals surface area contributed by atoms with Gasteiger partial charge in [-0.2, -0.15) is 5.10 Å². The molecule has 2 aromatic rings. The van der Waals surface area contributed by atoms with Gasteiger partial charge in [0.1, 0.15) is 5.69 Å². The number of rotatable bonds is 9. The summed E-state index contributed by atoms with van der Waals surface area (Å²) in [5.74, 6) is 1.30. The maximum atomic E-state index is 12.1. The number of aryl methyl sites for hydroxylation is 1. The quantitative estimate of drug-likeness (QED) is 0.620. The Bertz CT molecular complexity index is 800. The van der Waals surface area contributed by atoms with E-state index in [9.17, 15) is 4.79 Å². The van der Waals surface area contributed by atoms with Crippen LogP contribution in [0.5, 0.6) is 0 Å². The Morgan fingerprint density at radius 2 is 2.29 bits per heavy atom. The van der Waals surface area contributed by atoms with E-state index in [4.69, 9.17) is 16.3 Å². The van der Waals surface area contributed by atoms with Gasteiger partial charge in [-0.3, -0.25) is 14.0 Å². The number of aromatic nitrogens is 5. The van der Waals surface area contributed by atoms with Crippen LogP contribution in [0.2, 0.25) is 5.02 Å². The molecule has 1 fully saturated rings. The highest BCUT2D eigenvalue weighted by atomic mass is 35.5. The van der Waals surface area contributed by atoms with E-state index >= 15 is 0 Å². The smallest absolute Gasteiger partial charge is 0.230 e. The molecule has 0 saturated carbocycles. The van der Waals surface area contributed by atoms with Gasteiger partial charge in [-0.15, -0.1) is 10.2 Å². The van der Waals surface area contributed by atoms with Gasteiger partial charge in [0, 0.05) is 25.9 Å². The van der Waals surface area contributed by atoms with Crippen molar-refractivity contribution in [1.29, 1.82) is 0 Å². The third-order valence-corrected chi connectivity index (χ3v) is 5.66. The monoisotopic (exact) mass is 426 g/mol. The lowest BCUT2D eigenvalue weighted by molar-refractivity contribution is -0.118. The molecule has 2 aromatic heterocycles. The molecule has 1 aliphatic rings. The summed E-state index contributed by atoms with van der Waals surface area (Å²) in [6.07, 6.45) is 3.94. The van der Waals surface area contributed by atoms with Crippen molar-refractivity contribution in [2.45, 2.75) is 58.0 Å². The number of carbonyl (C=O) groups excluding carboxylic acids is 1. The van der Waals surface area contributed by atoms with Gasteiger partial charge >= 0.3 is 0 Å². The maximum Gasteiger partial charge on any atom is 0.230 e. The van der Waals surface area contributed by atoms with E-state index in [1.807, 2.05) is 11.5 Å². The number of hydrogen-bond acceptors (Lipinski definition) is 6. The molecular formula is C18H27ClN6O2S. The summed E-state index contributed by atoms with van der Waals surface area (Å²) in [5.41, 5.74) is 0.602.